The third-order valence-electron chi connectivity index (χ3n) is 5.27. The summed E-state index contributed by atoms with van der Waals surface area (Å²) in [4.78, 5) is 16.9. The number of benzene rings is 3. The van der Waals surface area contributed by atoms with Gasteiger partial charge in [-0.3, -0.25) is 0 Å². The van der Waals surface area contributed by atoms with E-state index in [-0.39, 0.29) is 0 Å². The lowest BCUT2D eigenvalue weighted by Crippen LogP contribution is -2.19. The average molecular weight is 528 g/mol. The first-order valence-corrected chi connectivity index (χ1v) is 11.6. The van der Waals surface area contributed by atoms with Crippen molar-refractivity contribution in [1.82, 2.24) is 9.55 Å². The van der Waals surface area contributed by atoms with E-state index in [1.165, 1.54) is 7.11 Å². The van der Waals surface area contributed by atoms with Crippen LogP contribution in [-0.2, 0) is 7.05 Å². The molecule has 0 aliphatic heterocycles. The largest absolute Gasteiger partial charge is 0.495 e. The Morgan fingerprint density at radius 2 is 1.69 bits per heavy atom. The molecule has 0 saturated heterocycles. The van der Waals surface area contributed by atoms with Crippen molar-refractivity contribution in [1.29, 1.82) is 0 Å². The van der Waals surface area contributed by atoms with Crippen molar-refractivity contribution in [3.05, 3.63) is 93.3 Å². The van der Waals surface area contributed by atoms with E-state index in [0.29, 0.717) is 32.2 Å². The van der Waals surface area contributed by atoms with E-state index in [4.69, 9.17) is 39.5 Å². The molecule has 2 amide bonds. The molecule has 0 unspecified atom stereocenters. The number of halogens is 3. The van der Waals surface area contributed by atoms with Gasteiger partial charge in [-0.25, -0.2) is 9.78 Å². The van der Waals surface area contributed by atoms with E-state index < -0.39 is 6.03 Å². The van der Waals surface area contributed by atoms with E-state index in [9.17, 15) is 4.79 Å². The van der Waals surface area contributed by atoms with Crippen LogP contribution in [0.3, 0.4) is 0 Å². The molecule has 0 spiro atoms. The number of methoxy groups -OCH3 is 1. The summed E-state index contributed by atoms with van der Waals surface area (Å²) in [6.45, 7) is 0. The second-order valence-corrected chi connectivity index (χ2v) is 8.78. The number of hydrogen-bond donors (Lipinski definition) is 2. The number of nitrogens with one attached hydrogen (secondary N) is 2. The number of ether oxygens (including phenoxy) is 1. The highest BCUT2D eigenvalue weighted by atomic mass is 35.5. The number of nitrogens with zero attached hydrogens (tertiary/aromatic N) is 2. The van der Waals surface area contributed by atoms with Gasteiger partial charge in [-0.2, -0.15) is 0 Å². The zero-order valence-electron chi connectivity index (χ0n) is 18.9. The topological polar surface area (TPSA) is 68.2 Å². The number of hydrogen-bond acceptors (Lipinski definition) is 3. The molecule has 2 N–H and O–H groups in total. The quantitative estimate of drug-likeness (QED) is 0.268. The van der Waals surface area contributed by atoms with E-state index in [1.807, 2.05) is 48.0 Å². The van der Waals surface area contributed by atoms with Gasteiger partial charge in [-0.15, -0.1) is 0 Å². The summed E-state index contributed by atoms with van der Waals surface area (Å²) in [5, 5.41) is 7.18. The lowest BCUT2D eigenvalue weighted by atomic mass is 10.1. The standard InChI is InChI=1S/C26H21Cl3N4O2/c1-33-23(15-30-25(33)13-11-19-20(28)4-3-5-21(19)29)16-6-9-18(10-7-16)31-26(34)32-22-14-17(27)8-12-24(22)35-2/h3-15H,1-2H3,(H2,31,32,34)/b13-11+. The second kappa shape index (κ2) is 10.9. The van der Waals surface area contributed by atoms with Gasteiger partial charge in [-0.1, -0.05) is 53.0 Å². The van der Waals surface area contributed by atoms with Crippen LogP contribution in [-0.4, -0.2) is 22.7 Å². The Balaban J connectivity index is 1.46. The number of urea groups is 1. The molecular formula is C26H21Cl3N4O2. The van der Waals surface area contributed by atoms with Crippen molar-refractivity contribution in [2.24, 2.45) is 7.05 Å². The number of aromatic nitrogens is 2. The lowest BCUT2D eigenvalue weighted by molar-refractivity contribution is 0.262. The van der Waals surface area contributed by atoms with Gasteiger partial charge in [-0.05, 0) is 60.2 Å². The molecule has 0 aliphatic carbocycles. The Hall–Kier alpha value is -3.45. The number of anilines is 2. The first kappa shape index (κ1) is 24.7. The molecular weight excluding hydrogens is 507 g/mol. The fourth-order valence-corrected chi connectivity index (χ4v) is 4.16. The van der Waals surface area contributed by atoms with Gasteiger partial charge in [0, 0.05) is 33.4 Å². The smallest absolute Gasteiger partial charge is 0.323 e. The highest BCUT2D eigenvalue weighted by Crippen LogP contribution is 2.29. The Morgan fingerprint density at radius 3 is 2.37 bits per heavy atom. The molecule has 0 saturated carbocycles. The molecule has 6 nitrogen and oxygen atoms in total. The first-order valence-electron chi connectivity index (χ1n) is 10.5. The molecule has 4 aromatic rings. The molecule has 0 aliphatic rings. The van der Waals surface area contributed by atoms with Crippen molar-refractivity contribution in [2.75, 3.05) is 17.7 Å². The van der Waals surface area contributed by atoms with Gasteiger partial charge in [0.1, 0.15) is 11.6 Å². The van der Waals surface area contributed by atoms with Crippen LogP contribution >= 0.6 is 34.8 Å². The van der Waals surface area contributed by atoms with E-state index in [2.05, 4.69) is 15.6 Å². The van der Waals surface area contributed by atoms with E-state index in [0.717, 1.165) is 22.6 Å². The minimum atomic E-state index is -0.412. The average Bonchev–Trinajstić information content (AvgIpc) is 3.19. The molecule has 0 atom stereocenters. The zero-order chi connectivity index (χ0) is 24.9. The van der Waals surface area contributed by atoms with Gasteiger partial charge < -0.3 is 19.9 Å². The molecule has 0 bridgehead atoms. The Morgan fingerprint density at radius 1 is 0.971 bits per heavy atom. The van der Waals surface area contributed by atoms with Crippen molar-refractivity contribution in [3.63, 3.8) is 0 Å². The van der Waals surface area contributed by atoms with Gasteiger partial charge in [0.15, 0.2) is 0 Å². The molecule has 9 heteroatoms. The summed E-state index contributed by atoms with van der Waals surface area (Å²) >= 11 is 18.5. The predicted octanol–water partition coefficient (Wildman–Crippen LogP) is 7.87. The Kier molecular flexibility index (Phi) is 7.66. The number of amides is 2. The van der Waals surface area contributed by atoms with Crippen LogP contribution in [0.25, 0.3) is 23.4 Å². The highest BCUT2D eigenvalue weighted by Gasteiger charge is 2.11. The molecule has 1 heterocycles. The zero-order valence-corrected chi connectivity index (χ0v) is 21.1. The minimum absolute atomic E-state index is 0.412. The maximum Gasteiger partial charge on any atom is 0.323 e. The van der Waals surface area contributed by atoms with Gasteiger partial charge >= 0.3 is 6.03 Å². The molecule has 3 aromatic carbocycles. The third-order valence-corrected chi connectivity index (χ3v) is 6.17. The number of rotatable bonds is 6. The van der Waals surface area contributed by atoms with Crippen LogP contribution in [0.4, 0.5) is 16.2 Å². The fraction of sp³-hybridized carbons (Fsp3) is 0.0769. The summed E-state index contributed by atoms with van der Waals surface area (Å²) in [5.41, 5.74) is 3.70. The normalized spacial score (nSPS) is 11.0. The van der Waals surface area contributed by atoms with Crippen LogP contribution in [0.2, 0.25) is 15.1 Å². The van der Waals surface area contributed by atoms with Crippen molar-refractivity contribution < 1.29 is 9.53 Å². The van der Waals surface area contributed by atoms with Crippen LogP contribution < -0.4 is 15.4 Å². The van der Waals surface area contributed by atoms with Crippen molar-refractivity contribution in [2.45, 2.75) is 0 Å². The summed E-state index contributed by atoms with van der Waals surface area (Å²) < 4.78 is 7.22. The molecule has 4 rings (SSSR count). The van der Waals surface area contributed by atoms with Gasteiger partial charge in [0.05, 0.1) is 24.7 Å². The highest BCUT2D eigenvalue weighted by molar-refractivity contribution is 6.37. The fourth-order valence-electron chi connectivity index (χ4n) is 3.46. The third kappa shape index (κ3) is 5.80. The number of carbonyl (C=O) groups is 1. The molecule has 1 aromatic heterocycles. The molecule has 0 fully saturated rings. The van der Waals surface area contributed by atoms with Gasteiger partial charge in [0.2, 0.25) is 0 Å². The minimum Gasteiger partial charge on any atom is -0.495 e. The molecule has 35 heavy (non-hydrogen) atoms. The molecule has 0 radical (unpaired) electrons. The SMILES string of the molecule is COc1ccc(Cl)cc1NC(=O)Nc1ccc(-c2cnc(/C=C/c3c(Cl)cccc3Cl)n2C)cc1. The molecule has 178 valence electrons. The van der Waals surface area contributed by atoms with Crippen molar-refractivity contribution >= 4 is 64.4 Å². The van der Waals surface area contributed by atoms with E-state index in [1.54, 1.807) is 42.6 Å². The summed E-state index contributed by atoms with van der Waals surface area (Å²) in [6.07, 6.45) is 5.49. The Labute approximate surface area is 218 Å². The van der Waals surface area contributed by atoms with Crippen LogP contribution in [0.1, 0.15) is 11.4 Å². The Bertz CT molecular complexity index is 1380. The van der Waals surface area contributed by atoms with Crippen LogP contribution in [0.5, 0.6) is 5.75 Å². The summed E-state index contributed by atoms with van der Waals surface area (Å²) in [5.74, 6) is 1.26. The maximum absolute atomic E-state index is 12.4. The first-order chi connectivity index (χ1) is 16.9. The van der Waals surface area contributed by atoms with E-state index >= 15 is 0 Å². The maximum atomic E-state index is 12.4. The lowest BCUT2D eigenvalue weighted by Gasteiger charge is -2.12. The second-order valence-electron chi connectivity index (χ2n) is 7.53. The van der Waals surface area contributed by atoms with Gasteiger partial charge in [0.25, 0.3) is 0 Å². The van der Waals surface area contributed by atoms with Crippen LogP contribution in [0, 0.1) is 0 Å². The number of imidazole rings is 1. The van der Waals surface area contributed by atoms with Crippen LogP contribution in [0.15, 0.2) is 66.9 Å². The predicted molar refractivity (Wildman–Crippen MR) is 145 cm³/mol. The summed E-state index contributed by atoms with van der Waals surface area (Å²) in [6, 6.07) is 17.4. The summed E-state index contributed by atoms with van der Waals surface area (Å²) in [7, 11) is 3.45. The monoisotopic (exact) mass is 526 g/mol. The number of carbonyl (C=O) groups excluding carboxylic acids is 1. The van der Waals surface area contributed by atoms with Crippen molar-refractivity contribution in [3.8, 4) is 17.0 Å².